The number of ether oxygens (including phenoxy) is 1. The molecule has 5 saturated carbocycles. The first-order valence-corrected chi connectivity index (χ1v) is 20.5. The Balaban J connectivity index is 1.29. The van der Waals surface area contributed by atoms with Gasteiger partial charge in [-0.2, -0.15) is 0 Å². The topological polar surface area (TPSA) is 198 Å². The largest absolute Gasteiger partial charge is 0.391 e. The van der Waals surface area contributed by atoms with Crippen LogP contribution in [0.5, 0.6) is 0 Å². The molecule has 2 bridgehead atoms. The number of carbonyl (C=O) groups is 1. The van der Waals surface area contributed by atoms with Crippen LogP contribution in [0.2, 0.25) is 0 Å². The predicted molar refractivity (Wildman–Crippen MR) is 195 cm³/mol. The fourth-order valence-corrected chi connectivity index (χ4v) is 14.6. The summed E-state index contributed by atoms with van der Waals surface area (Å²) < 4.78 is 6.09. The van der Waals surface area contributed by atoms with Gasteiger partial charge in [0, 0.05) is 23.9 Å². The van der Waals surface area contributed by atoms with E-state index in [0.717, 1.165) is 25.8 Å². The quantitative estimate of drug-likeness (QED) is 0.187. The van der Waals surface area contributed by atoms with E-state index >= 15 is 4.79 Å². The third-order valence-electron chi connectivity index (χ3n) is 17.1. The van der Waals surface area contributed by atoms with Crippen molar-refractivity contribution < 1.29 is 40.2 Å². The summed E-state index contributed by atoms with van der Waals surface area (Å²) in [7, 11) is 0. The summed E-state index contributed by atoms with van der Waals surface area (Å²) in [6.45, 7) is 10.8. The molecule has 0 aromatic rings. The van der Waals surface area contributed by atoms with E-state index in [0.29, 0.717) is 38.0 Å². The van der Waals surface area contributed by atoms with Gasteiger partial charge in [0.15, 0.2) is 5.78 Å². The molecule has 11 heteroatoms. The molecule has 0 radical (unpaired) electrons. The zero-order valence-corrected chi connectivity index (χ0v) is 31.8. The standard InChI is InChI=1S/C41H65N3O8/c1-19-18-52-36(21(19)3)37(49)39(5,50)28-12-13-41(51)32-30-22(14-38(28,41)4)6-8-24(23-7-11-29(42)43-17-23)26-10-9-25-31(35(48)33(32)44-16-20(2)45)40(26,30)15-27(46)34(25)47/h6,8,19-32,34,36-37,43,45-47,49-51H,7,9-18,42H2,1-5H3. The molecule has 2 aliphatic heterocycles. The van der Waals surface area contributed by atoms with Crippen LogP contribution >= 0.6 is 0 Å². The van der Waals surface area contributed by atoms with Crippen molar-refractivity contribution in [1.82, 2.24) is 5.32 Å². The van der Waals surface area contributed by atoms with Crippen LogP contribution in [0.25, 0.3) is 0 Å². The summed E-state index contributed by atoms with van der Waals surface area (Å²) >= 11 is 0. The molecule has 11 nitrogen and oxygen atoms in total. The highest BCUT2D eigenvalue weighted by atomic mass is 16.5. The van der Waals surface area contributed by atoms with Crippen molar-refractivity contribution in [2.24, 2.45) is 86.7 Å². The lowest BCUT2D eigenvalue weighted by Crippen LogP contribution is -2.75. The van der Waals surface area contributed by atoms with E-state index in [1.54, 1.807) is 13.8 Å². The summed E-state index contributed by atoms with van der Waals surface area (Å²) in [4.78, 5) is 20.3. The van der Waals surface area contributed by atoms with Gasteiger partial charge in [0.2, 0.25) is 0 Å². The first-order chi connectivity index (χ1) is 24.5. The maximum Gasteiger partial charge on any atom is 0.181 e. The van der Waals surface area contributed by atoms with Crippen LogP contribution in [-0.4, -0.2) is 110 Å². The van der Waals surface area contributed by atoms with E-state index < -0.39 is 76.2 Å². The molecular weight excluding hydrogens is 662 g/mol. The number of hydrogen-bond donors (Lipinski definition) is 8. The van der Waals surface area contributed by atoms with Crippen LogP contribution < -0.4 is 11.1 Å². The lowest BCUT2D eigenvalue weighted by molar-refractivity contribution is -0.257. The van der Waals surface area contributed by atoms with E-state index in [2.05, 4.69) is 31.3 Å². The van der Waals surface area contributed by atoms with Gasteiger partial charge in [-0.1, -0.05) is 32.9 Å². The zero-order chi connectivity index (χ0) is 37.3. The Labute approximate surface area is 308 Å². The zero-order valence-electron chi connectivity index (χ0n) is 31.8. The Morgan fingerprint density at radius 3 is 2.50 bits per heavy atom. The number of allylic oxidation sites excluding steroid dienone is 2. The molecule has 52 heavy (non-hydrogen) atoms. The van der Waals surface area contributed by atoms with Crippen LogP contribution in [-0.2, 0) is 9.53 Å². The summed E-state index contributed by atoms with van der Waals surface area (Å²) in [6.07, 6.45) is 4.99. The Hall–Kier alpha value is -1.28. The predicted octanol–water partition coefficient (Wildman–Crippen LogP) is 1.80. The molecule has 2 heterocycles. The van der Waals surface area contributed by atoms with E-state index in [4.69, 9.17) is 15.5 Å². The van der Waals surface area contributed by atoms with Crippen molar-refractivity contribution in [2.45, 2.75) is 134 Å². The average Bonchev–Trinajstić information content (AvgIpc) is 3.53. The third kappa shape index (κ3) is 5.08. The van der Waals surface area contributed by atoms with Crippen molar-refractivity contribution in [3.63, 3.8) is 0 Å². The Morgan fingerprint density at radius 1 is 1.10 bits per heavy atom. The molecule has 292 valence electrons. The molecule has 6 aliphatic carbocycles. The maximum absolute atomic E-state index is 15.4. The molecule has 9 N–H and O–H groups in total. The summed E-state index contributed by atoms with van der Waals surface area (Å²) in [5.41, 5.74) is 1.93. The van der Waals surface area contributed by atoms with Crippen molar-refractivity contribution in [2.75, 3.05) is 19.7 Å². The van der Waals surface area contributed by atoms with Gasteiger partial charge in [-0.05, 0) is 130 Å². The summed E-state index contributed by atoms with van der Waals surface area (Å²) in [5, 5.41) is 75.3. The van der Waals surface area contributed by atoms with E-state index in [-0.39, 0.29) is 66.3 Å². The highest BCUT2D eigenvalue weighted by Gasteiger charge is 2.78. The van der Waals surface area contributed by atoms with Crippen LogP contribution in [0.3, 0.4) is 0 Å². The highest BCUT2D eigenvalue weighted by molar-refractivity contribution is 6.42. The first kappa shape index (κ1) is 37.6. The van der Waals surface area contributed by atoms with Gasteiger partial charge in [-0.3, -0.25) is 9.79 Å². The van der Waals surface area contributed by atoms with Gasteiger partial charge >= 0.3 is 0 Å². The Kier molecular flexibility index (Phi) is 9.32. The van der Waals surface area contributed by atoms with Crippen LogP contribution in [0.4, 0.5) is 0 Å². The fraction of sp³-hybridized carbons (Fsp3) is 0.902. The van der Waals surface area contributed by atoms with Gasteiger partial charge in [0.05, 0.1) is 54.0 Å². The summed E-state index contributed by atoms with van der Waals surface area (Å²) in [6, 6.07) is 0. The molecule has 7 fully saturated rings. The van der Waals surface area contributed by atoms with Crippen molar-refractivity contribution in [3.05, 3.63) is 12.2 Å². The van der Waals surface area contributed by atoms with Gasteiger partial charge in [-0.25, -0.2) is 0 Å². The lowest BCUT2D eigenvalue weighted by Gasteiger charge is -2.71. The number of ketones is 1. The minimum Gasteiger partial charge on any atom is -0.391 e. The van der Waals surface area contributed by atoms with E-state index in [9.17, 15) is 30.6 Å². The second-order valence-corrected chi connectivity index (χ2v) is 19.6. The van der Waals surface area contributed by atoms with Crippen molar-refractivity contribution in [1.29, 1.82) is 0 Å². The number of aliphatic imine (C=N–C) groups is 1. The highest BCUT2D eigenvalue weighted by Crippen LogP contribution is 2.76. The third-order valence-corrected chi connectivity index (χ3v) is 17.1. The number of aliphatic hydroxyl groups is 6. The number of aliphatic hydroxyl groups excluding tert-OH is 4. The first-order valence-electron chi connectivity index (χ1n) is 20.5. The number of piperidine rings is 1. The average molecular weight is 728 g/mol. The van der Waals surface area contributed by atoms with Crippen LogP contribution in [0.15, 0.2) is 17.1 Å². The number of nitrogens with two attached hydrogens (primary N) is 1. The molecule has 2 saturated heterocycles. The normalized spacial score (nSPS) is 55.7. The maximum atomic E-state index is 15.4. The molecular formula is C41H65N3O8. The Bertz CT molecular complexity index is 1460. The summed E-state index contributed by atoms with van der Waals surface area (Å²) in [5.74, 6) is -1.98. The molecule has 8 aliphatic rings. The van der Waals surface area contributed by atoms with Crippen LogP contribution in [0.1, 0.15) is 86.0 Å². The molecule has 21 atom stereocenters. The molecule has 21 unspecified atom stereocenters. The number of Topliss-reactive ketones (excluding diaryl/α,β-unsaturated/α-hetero) is 1. The second-order valence-electron chi connectivity index (χ2n) is 19.6. The smallest absolute Gasteiger partial charge is 0.181 e. The lowest BCUT2D eigenvalue weighted by atomic mass is 9.33. The van der Waals surface area contributed by atoms with E-state index in [1.165, 1.54) is 0 Å². The van der Waals surface area contributed by atoms with Crippen LogP contribution in [0, 0.1) is 75.9 Å². The van der Waals surface area contributed by atoms with Crippen molar-refractivity contribution in [3.8, 4) is 0 Å². The SMILES string of the molecule is CC(O)CN=C1C(=O)C2C3CCC4C(C5CCC(N)NC5)C=CC5CC6(C)C(C(C)(O)C(O)C7OCC(C)C7C)CCC6(O)C1C5C42CC(O)C3O. The second kappa shape index (κ2) is 12.9. The van der Waals surface area contributed by atoms with Gasteiger partial charge in [0.1, 0.15) is 6.10 Å². The number of hydrogen-bond acceptors (Lipinski definition) is 11. The minimum atomic E-state index is -1.60. The molecule has 1 spiro atoms. The molecule has 0 amide bonds. The number of nitrogens with zero attached hydrogens (tertiary/aromatic N) is 1. The van der Waals surface area contributed by atoms with E-state index in [1.807, 2.05) is 6.92 Å². The number of fused-ring (bicyclic) bond motifs is 2. The fourth-order valence-electron chi connectivity index (χ4n) is 14.6. The Morgan fingerprint density at radius 2 is 1.85 bits per heavy atom. The molecule has 0 aromatic heterocycles. The van der Waals surface area contributed by atoms with Crippen molar-refractivity contribution >= 4 is 11.5 Å². The molecule has 0 aromatic carbocycles. The number of nitrogens with one attached hydrogen (secondary N) is 1. The van der Waals surface area contributed by atoms with Gasteiger partial charge in [0.25, 0.3) is 0 Å². The van der Waals surface area contributed by atoms with Gasteiger partial charge in [-0.15, -0.1) is 0 Å². The molecule has 8 rings (SSSR count). The number of carbonyl (C=O) groups excluding carboxylic acids is 1. The monoisotopic (exact) mass is 727 g/mol. The number of rotatable bonds is 6. The van der Waals surface area contributed by atoms with Gasteiger partial charge < -0.3 is 46.4 Å². The minimum absolute atomic E-state index is 0.0160.